The molecule has 0 N–H and O–H groups in total. The third-order valence-corrected chi connectivity index (χ3v) is 7.53. The molecule has 2 aromatic carbocycles. The van der Waals surface area contributed by atoms with E-state index in [1.165, 1.54) is 6.07 Å². The van der Waals surface area contributed by atoms with E-state index < -0.39 is 35.7 Å². The zero-order chi connectivity index (χ0) is 27.0. The Kier molecular flexibility index (Phi) is 7.09. The smallest absolute Gasteiger partial charge is 0.391 e. The van der Waals surface area contributed by atoms with E-state index in [0.29, 0.717) is 19.6 Å². The van der Waals surface area contributed by atoms with Gasteiger partial charge in [-0.25, -0.2) is 0 Å². The van der Waals surface area contributed by atoms with Crippen LogP contribution in [0.2, 0.25) is 0 Å². The van der Waals surface area contributed by atoms with Crippen LogP contribution < -0.4 is 4.74 Å². The van der Waals surface area contributed by atoms with Crippen molar-refractivity contribution in [2.75, 3.05) is 13.1 Å². The number of hydrogen-bond acceptors (Lipinski definition) is 6. The Morgan fingerprint density at radius 1 is 0.868 bits per heavy atom. The third kappa shape index (κ3) is 5.22. The summed E-state index contributed by atoms with van der Waals surface area (Å²) in [5.74, 6) is -2.77. The highest BCUT2D eigenvalue weighted by Gasteiger charge is 2.46. The lowest BCUT2D eigenvalue weighted by atomic mass is 9.92. The first-order valence-corrected chi connectivity index (χ1v) is 12.7. The summed E-state index contributed by atoms with van der Waals surface area (Å²) in [4.78, 5) is 53.1. The van der Waals surface area contributed by atoms with Gasteiger partial charge in [0.1, 0.15) is 18.1 Å². The standard InChI is InChI=1S/C28H27F3N2O5/c29-28(30,31)19-10-12-32(13-11-19)15-17-4-6-18(7-5-17)16-38-24-3-1-2-21-25(24)27(37)33(26(21)36)22-9-8-20(34)14-23(22)35/h1-7,19,22H,8-16H2. The molecule has 200 valence electrons. The van der Waals surface area contributed by atoms with Gasteiger partial charge in [-0.3, -0.25) is 29.0 Å². The van der Waals surface area contributed by atoms with Crippen LogP contribution in [0.15, 0.2) is 42.5 Å². The van der Waals surface area contributed by atoms with Gasteiger partial charge < -0.3 is 4.74 Å². The lowest BCUT2D eigenvalue weighted by Crippen LogP contribution is -2.47. The molecular formula is C28H27F3N2O5. The molecule has 0 radical (unpaired) electrons. The number of Topliss-reactive ketones (excluding diaryl/α,β-unsaturated/α-hetero) is 2. The van der Waals surface area contributed by atoms with E-state index in [9.17, 15) is 32.3 Å². The molecular weight excluding hydrogens is 501 g/mol. The molecule has 2 heterocycles. The van der Waals surface area contributed by atoms with Gasteiger partial charge in [0.05, 0.1) is 29.5 Å². The number of halogens is 3. The number of carbonyl (C=O) groups excluding carboxylic acids is 4. The number of benzene rings is 2. The van der Waals surface area contributed by atoms with Gasteiger partial charge >= 0.3 is 6.18 Å². The summed E-state index contributed by atoms with van der Waals surface area (Å²) < 4.78 is 44.6. The van der Waals surface area contributed by atoms with E-state index in [0.717, 1.165) is 16.0 Å². The van der Waals surface area contributed by atoms with Crippen molar-refractivity contribution >= 4 is 23.4 Å². The van der Waals surface area contributed by atoms with Crippen LogP contribution in [0.5, 0.6) is 5.75 Å². The number of amides is 2. The van der Waals surface area contributed by atoms with Crippen molar-refractivity contribution in [3.63, 3.8) is 0 Å². The molecule has 0 bridgehead atoms. The van der Waals surface area contributed by atoms with Crippen LogP contribution in [0, 0.1) is 5.92 Å². The zero-order valence-corrected chi connectivity index (χ0v) is 20.6. The second-order valence-corrected chi connectivity index (χ2v) is 10.1. The van der Waals surface area contributed by atoms with Crippen LogP contribution in [0.1, 0.15) is 63.9 Å². The predicted molar refractivity (Wildman–Crippen MR) is 129 cm³/mol. The van der Waals surface area contributed by atoms with Crippen molar-refractivity contribution in [2.24, 2.45) is 5.92 Å². The SMILES string of the molecule is O=C1CCC(N2C(=O)c3cccc(OCc4ccc(CN5CCC(C(F)(F)F)CC5)cc4)c3C2=O)C(=O)C1. The molecule has 1 unspecified atom stereocenters. The van der Waals surface area contributed by atoms with Crippen molar-refractivity contribution in [2.45, 2.75) is 57.5 Å². The van der Waals surface area contributed by atoms with Gasteiger partial charge in [-0.1, -0.05) is 30.3 Å². The van der Waals surface area contributed by atoms with Gasteiger partial charge in [0, 0.05) is 13.0 Å². The molecule has 1 saturated carbocycles. The number of imide groups is 1. The first-order chi connectivity index (χ1) is 18.1. The number of rotatable bonds is 6. The molecule has 1 atom stereocenters. The van der Waals surface area contributed by atoms with E-state index in [1.807, 2.05) is 29.2 Å². The Labute approximate surface area is 217 Å². The lowest BCUT2D eigenvalue weighted by molar-refractivity contribution is -0.185. The summed E-state index contributed by atoms with van der Waals surface area (Å²) in [5, 5.41) is 0. The maximum absolute atomic E-state index is 13.2. The van der Waals surface area contributed by atoms with Crippen molar-refractivity contribution in [3.05, 3.63) is 64.7 Å². The molecule has 0 aromatic heterocycles. The van der Waals surface area contributed by atoms with Crippen LogP contribution in [0.3, 0.4) is 0 Å². The summed E-state index contributed by atoms with van der Waals surface area (Å²) in [6.45, 7) is 1.50. The van der Waals surface area contributed by atoms with Gasteiger partial charge in [-0.15, -0.1) is 0 Å². The van der Waals surface area contributed by atoms with Gasteiger partial charge in [0.2, 0.25) is 0 Å². The number of fused-ring (bicyclic) bond motifs is 1. The average molecular weight is 529 g/mol. The number of piperidine rings is 1. The second kappa shape index (κ2) is 10.3. The first-order valence-electron chi connectivity index (χ1n) is 12.7. The van der Waals surface area contributed by atoms with Gasteiger partial charge in [-0.05, 0) is 55.6 Å². The van der Waals surface area contributed by atoms with Crippen molar-refractivity contribution in [1.82, 2.24) is 9.80 Å². The molecule has 2 aromatic rings. The molecule has 2 fully saturated rings. The third-order valence-electron chi connectivity index (χ3n) is 7.53. The van der Waals surface area contributed by atoms with E-state index in [-0.39, 0.29) is 61.4 Å². The highest BCUT2D eigenvalue weighted by atomic mass is 19.4. The predicted octanol–water partition coefficient (Wildman–Crippen LogP) is 4.33. The topological polar surface area (TPSA) is 84.0 Å². The van der Waals surface area contributed by atoms with Crippen LogP contribution in [-0.4, -0.2) is 58.5 Å². The Morgan fingerprint density at radius 3 is 2.21 bits per heavy atom. The molecule has 7 nitrogen and oxygen atoms in total. The van der Waals surface area contributed by atoms with Crippen LogP contribution in [0.25, 0.3) is 0 Å². The largest absolute Gasteiger partial charge is 0.488 e. The van der Waals surface area contributed by atoms with Crippen molar-refractivity contribution in [3.8, 4) is 5.75 Å². The number of alkyl halides is 3. The lowest BCUT2D eigenvalue weighted by Gasteiger charge is -2.32. The van der Waals surface area contributed by atoms with Crippen molar-refractivity contribution in [1.29, 1.82) is 0 Å². The minimum atomic E-state index is -4.13. The van der Waals surface area contributed by atoms with E-state index >= 15 is 0 Å². The van der Waals surface area contributed by atoms with Gasteiger partial charge in [0.25, 0.3) is 11.8 Å². The summed E-state index contributed by atoms with van der Waals surface area (Å²) in [5.41, 5.74) is 2.08. The van der Waals surface area contributed by atoms with Crippen LogP contribution in [0.4, 0.5) is 13.2 Å². The monoisotopic (exact) mass is 528 g/mol. The fourth-order valence-corrected chi connectivity index (χ4v) is 5.39. The number of carbonyl (C=O) groups is 4. The second-order valence-electron chi connectivity index (χ2n) is 10.1. The highest BCUT2D eigenvalue weighted by Crippen LogP contribution is 2.36. The Hall–Kier alpha value is -3.53. The maximum Gasteiger partial charge on any atom is 0.391 e. The summed E-state index contributed by atoms with van der Waals surface area (Å²) >= 11 is 0. The first kappa shape index (κ1) is 26.1. The minimum absolute atomic E-state index is 0.112. The number of likely N-dealkylation sites (tertiary alicyclic amines) is 1. The van der Waals surface area contributed by atoms with E-state index in [4.69, 9.17) is 4.74 Å². The number of ketones is 2. The van der Waals surface area contributed by atoms with Gasteiger partial charge in [0.15, 0.2) is 5.78 Å². The molecule has 1 aliphatic carbocycles. The van der Waals surface area contributed by atoms with Gasteiger partial charge in [-0.2, -0.15) is 13.2 Å². The van der Waals surface area contributed by atoms with E-state index in [1.54, 1.807) is 12.1 Å². The Balaban J connectivity index is 1.21. The quantitative estimate of drug-likeness (QED) is 0.410. The summed E-state index contributed by atoms with van der Waals surface area (Å²) in [7, 11) is 0. The van der Waals surface area contributed by atoms with Crippen LogP contribution in [-0.2, 0) is 22.7 Å². The average Bonchev–Trinajstić information content (AvgIpc) is 3.14. The molecule has 38 heavy (non-hydrogen) atoms. The fraction of sp³-hybridized carbons (Fsp3) is 0.429. The zero-order valence-electron chi connectivity index (χ0n) is 20.6. The highest BCUT2D eigenvalue weighted by molar-refractivity contribution is 6.24. The number of ether oxygens (including phenoxy) is 1. The molecule has 2 aliphatic heterocycles. The number of hydrogen-bond donors (Lipinski definition) is 0. The molecule has 5 rings (SSSR count). The van der Waals surface area contributed by atoms with E-state index in [2.05, 4.69) is 0 Å². The molecule has 3 aliphatic rings. The van der Waals surface area contributed by atoms with Crippen LogP contribution >= 0.6 is 0 Å². The summed E-state index contributed by atoms with van der Waals surface area (Å²) in [6.07, 6.45) is -3.90. The Morgan fingerprint density at radius 2 is 1.55 bits per heavy atom. The molecule has 1 saturated heterocycles. The van der Waals surface area contributed by atoms with Crippen molar-refractivity contribution < 1.29 is 37.1 Å². The fourth-order valence-electron chi connectivity index (χ4n) is 5.39. The molecule has 2 amide bonds. The molecule has 0 spiro atoms. The normalized spacial score (nSPS) is 21.2. The molecule has 10 heteroatoms. The minimum Gasteiger partial charge on any atom is -0.488 e. The maximum atomic E-state index is 13.2. The Bertz CT molecular complexity index is 1270. The number of nitrogens with zero attached hydrogens (tertiary/aromatic N) is 2. The summed E-state index contributed by atoms with van der Waals surface area (Å²) in [6, 6.07) is 11.3.